The molecule has 6 heteroatoms. The number of phenols is 1. The fourth-order valence-electron chi connectivity index (χ4n) is 1.84. The van der Waals surface area contributed by atoms with Crippen LogP contribution in [0, 0.1) is 5.92 Å². The van der Waals surface area contributed by atoms with Gasteiger partial charge in [-0.15, -0.1) is 0 Å². The Balaban J connectivity index is 2.74. The van der Waals surface area contributed by atoms with Crippen LogP contribution in [-0.4, -0.2) is 28.4 Å². The molecule has 23 heavy (non-hydrogen) atoms. The number of hydrogen-bond donors (Lipinski definition) is 2. The van der Waals surface area contributed by atoms with Gasteiger partial charge in [0.05, 0.1) is 12.1 Å². The van der Waals surface area contributed by atoms with Crippen LogP contribution in [-0.2, 0) is 14.3 Å². The van der Waals surface area contributed by atoms with E-state index >= 15 is 0 Å². The summed E-state index contributed by atoms with van der Waals surface area (Å²) in [4.78, 5) is 35.2. The number of esters is 1. The summed E-state index contributed by atoms with van der Waals surface area (Å²) in [7, 11) is 0. The third kappa shape index (κ3) is 6.10. The van der Waals surface area contributed by atoms with E-state index in [4.69, 9.17) is 4.74 Å². The summed E-state index contributed by atoms with van der Waals surface area (Å²) in [6.45, 7) is 8.23. The Morgan fingerprint density at radius 1 is 1.26 bits per heavy atom. The predicted molar refractivity (Wildman–Crippen MR) is 86.4 cm³/mol. The monoisotopic (exact) mass is 321 g/mol. The minimum Gasteiger partial charge on any atom is -0.506 e. The molecule has 0 aliphatic carbocycles. The Morgan fingerprint density at radius 3 is 2.39 bits per heavy atom. The number of nitrogens with one attached hydrogen (secondary N) is 1. The van der Waals surface area contributed by atoms with E-state index in [9.17, 15) is 19.5 Å². The molecule has 1 atom stereocenters. The summed E-state index contributed by atoms with van der Waals surface area (Å²) in [5.41, 5.74) is -0.0990. The van der Waals surface area contributed by atoms with Gasteiger partial charge < -0.3 is 15.2 Å². The lowest BCUT2D eigenvalue weighted by atomic mass is 10.1. The summed E-state index contributed by atoms with van der Waals surface area (Å²) < 4.78 is 5.17. The number of carbonyl (C=O) groups excluding carboxylic acids is 3. The van der Waals surface area contributed by atoms with Crippen molar-refractivity contribution in [2.75, 3.05) is 5.32 Å². The Morgan fingerprint density at radius 2 is 1.87 bits per heavy atom. The summed E-state index contributed by atoms with van der Waals surface area (Å²) >= 11 is 0. The number of ketones is 1. The van der Waals surface area contributed by atoms with Crippen molar-refractivity contribution in [3.8, 4) is 5.75 Å². The quantitative estimate of drug-likeness (QED) is 0.494. The summed E-state index contributed by atoms with van der Waals surface area (Å²) in [6, 6.07) is 4.21. The topological polar surface area (TPSA) is 92.7 Å². The zero-order valence-corrected chi connectivity index (χ0v) is 14.1. The first kappa shape index (κ1) is 18.7. The van der Waals surface area contributed by atoms with Crippen molar-refractivity contribution >= 4 is 23.3 Å². The second-order valence-electron chi connectivity index (χ2n) is 6.47. The van der Waals surface area contributed by atoms with Crippen molar-refractivity contribution in [3.63, 3.8) is 0 Å². The van der Waals surface area contributed by atoms with Gasteiger partial charge in [0, 0.05) is 11.5 Å². The number of carbonyl (C=O) groups is 3. The zero-order chi connectivity index (χ0) is 17.8. The molecule has 1 rings (SSSR count). The fraction of sp³-hybridized carbons (Fsp3) is 0.471. The van der Waals surface area contributed by atoms with Crippen LogP contribution in [0.4, 0.5) is 5.69 Å². The van der Waals surface area contributed by atoms with E-state index in [0.717, 1.165) is 0 Å². The van der Waals surface area contributed by atoms with Gasteiger partial charge >= 0.3 is 5.97 Å². The molecule has 6 nitrogen and oxygen atoms in total. The van der Waals surface area contributed by atoms with Crippen molar-refractivity contribution in [2.24, 2.45) is 5.92 Å². The highest BCUT2D eigenvalue weighted by molar-refractivity contribution is 5.99. The molecule has 0 spiro atoms. The molecule has 2 N–H and O–H groups in total. The molecular formula is C17H23NO5. The normalized spacial score (nSPS) is 12.4. The van der Waals surface area contributed by atoms with Gasteiger partial charge in [-0.05, 0) is 45.9 Å². The summed E-state index contributed by atoms with van der Waals surface area (Å²) in [5.74, 6) is -1.87. The summed E-state index contributed by atoms with van der Waals surface area (Å²) in [5, 5.41) is 12.3. The van der Waals surface area contributed by atoms with Crippen molar-refractivity contribution in [3.05, 3.63) is 23.8 Å². The molecule has 0 aromatic heterocycles. The highest BCUT2D eigenvalue weighted by atomic mass is 16.6. The van der Waals surface area contributed by atoms with Crippen molar-refractivity contribution in [2.45, 2.75) is 46.6 Å². The van der Waals surface area contributed by atoms with E-state index in [2.05, 4.69) is 5.32 Å². The molecule has 0 saturated carbocycles. The van der Waals surface area contributed by atoms with E-state index in [0.29, 0.717) is 5.56 Å². The van der Waals surface area contributed by atoms with Crippen molar-refractivity contribution in [1.82, 2.24) is 0 Å². The smallest absolute Gasteiger partial charge is 0.307 e. The number of ether oxygens (including phenoxy) is 1. The molecule has 0 fully saturated rings. The number of benzene rings is 1. The van der Waals surface area contributed by atoms with Gasteiger partial charge in [-0.1, -0.05) is 6.92 Å². The second kappa shape index (κ2) is 7.26. The first-order chi connectivity index (χ1) is 10.5. The van der Waals surface area contributed by atoms with Gasteiger partial charge in [0.1, 0.15) is 11.4 Å². The van der Waals surface area contributed by atoms with Crippen molar-refractivity contribution in [1.29, 1.82) is 0 Å². The highest BCUT2D eigenvalue weighted by Crippen LogP contribution is 2.25. The maximum atomic E-state index is 12.1. The van der Waals surface area contributed by atoms with Gasteiger partial charge in [-0.25, -0.2) is 0 Å². The number of amides is 1. The van der Waals surface area contributed by atoms with Crippen LogP contribution in [0.25, 0.3) is 0 Å². The first-order valence-electron chi connectivity index (χ1n) is 7.36. The van der Waals surface area contributed by atoms with Crippen molar-refractivity contribution < 1.29 is 24.2 Å². The molecule has 126 valence electrons. The van der Waals surface area contributed by atoms with Crippen LogP contribution >= 0.6 is 0 Å². The Kier molecular flexibility index (Phi) is 5.90. The number of Topliss-reactive ketones (excluding diaryl/α,β-unsaturated/α-hetero) is 1. The number of rotatable bonds is 5. The molecule has 0 aliphatic heterocycles. The van der Waals surface area contributed by atoms with E-state index in [1.807, 2.05) is 0 Å². The Bertz CT molecular complexity index is 616. The maximum absolute atomic E-state index is 12.1. The third-order valence-electron chi connectivity index (χ3n) is 3.00. The van der Waals surface area contributed by atoms with E-state index < -0.39 is 23.4 Å². The van der Waals surface area contributed by atoms with Crippen LogP contribution in [0.1, 0.15) is 51.4 Å². The van der Waals surface area contributed by atoms with Crippen LogP contribution in [0.3, 0.4) is 0 Å². The fourth-order valence-corrected chi connectivity index (χ4v) is 1.84. The molecule has 0 radical (unpaired) electrons. The van der Waals surface area contributed by atoms with Gasteiger partial charge in [0.2, 0.25) is 5.91 Å². The lowest BCUT2D eigenvalue weighted by Crippen LogP contribution is -2.28. The van der Waals surface area contributed by atoms with Gasteiger partial charge in [0.15, 0.2) is 5.78 Å². The standard InChI is InChI=1S/C17H23NO5/c1-10(8-15(21)23-17(3,4)5)16(22)18-13-9-12(11(2)19)6-7-14(13)20/h6-7,9-10,20H,8H2,1-5H3,(H,18,22). The molecular weight excluding hydrogens is 298 g/mol. The molecule has 0 heterocycles. The highest BCUT2D eigenvalue weighted by Gasteiger charge is 2.22. The molecule has 0 aliphatic rings. The van der Waals surface area contributed by atoms with Crippen LogP contribution in [0.15, 0.2) is 18.2 Å². The molecule has 1 unspecified atom stereocenters. The van der Waals surface area contributed by atoms with Crippen LogP contribution in [0.5, 0.6) is 5.75 Å². The lowest BCUT2D eigenvalue weighted by Gasteiger charge is -2.20. The molecule has 0 bridgehead atoms. The number of aromatic hydroxyl groups is 1. The average molecular weight is 321 g/mol. The van der Waals surface area contributed by atoms with Gasteiger partial charge in [0.25, 0.3) is 0 Å². The van der Waals surface area contributed by atoms with Crippen LogP contribution in [0.2, 0.25) is 0 Å². The van der Waals surface area contributed by atoms with Gasteiger partial charge in [-0.3, -0.25) is 14.4 Å². The van der Waals surface area contributed by atoms with Gasteiger partial charge in [-0.2, -0.15) is 0 Å². The number of phenolic OH excluding ortho intramolecular Hbond substituents is 1. The lowest BCUT2D eigenvalue weighted by molar-refractivity contribution is -0.156. The molecule has 1 aromatic carbocycles. The maximum Gasteiger partial charge on any atom is 0.307 e. The summed E-state index contributed by atoms with van der Waals surface area (Å²) in [6.07, 6.45) is -0.0732. The van der Waals surface area contributed by atoms with Crippen LogP contribution < -0.4 is 5.32 Å². The van der Waals surface area contributed by atoms with E-state index in [1.54, 1.807) is 27.7 Å². The average Bonchev–Trinajstić information content (AvgIpc) is 2.38. The Hall–Kier alpha value is -2.37. The predicted octanol–water partition coefficient (Wildman–Crippen LogP) is 2.90. The first-order valence-corrected chi connectivity index (χ1v) is 7.36. The Labute approximate surface area is 135 Å². The third-order valence-corrected chi connectivity index (χ3v) is 3.00. The largest absolute Gasteiger partial charge is 0.506 e. The molecule has 1 amide bonds. The zero-order valence-electron chi connectivity index (χ0n) is 14.1. The second-order valence-corrected chi connectivity index (χ2v) is 6.47. The van der Waals surface area contributed by atoms with E-state index in [-0.39, 0.29) is 23.6 Å². The van der Waals surface area contributed by atoms with E-state index in [1.165, 1.54) is 25.1 Å². The molecule has 0 saturated heterocycles. The number of anilines is 1. The minimum atomic E-state index is -0.634. The number of hydrogen-bond acceptors (Lipinski definition) is 5. The SMILES string of the molecule is CC(=O)c1ccc(O)c(NC(=O)C(C)CC(=O)OC(C)(C)C)c1. The minimum absolute atomic E-state index is 0.0732. The molecule has 1 aromatic rings.